The molecule has 0 aromatic heterocycles. The molecule has 3 nitrogen and oxygen atoms in total. The summed E-state index contributed by atoms with van der Waals surface area (Å²) in [5.41, 5.74) is 0.980. The Bertz CT molecular complexity index is 157. The van der Waals surface area contributed by atoms with Crippen LogP contribution in [0, 0.1) is 5.21 Å². The molecule has 0 bridgehead atoms. The van der Waals surface area contributed by atoms with Gasteiger partial charge < -0.3 is 15.4 Å². The van der Waals surface area contributed by atoms with Crippen LogP contribution in [0.5, 0.6) is 0 Å². The van der Waals surface area contributed by atoms with E-state index in [0.717, 1.165) is 37.8 Å². The fraction of sp³-hybridized carbons (Fsp3) is 0.818. The normalized spacial score (nSPS) is 14.4. The van der Waals surface area contributed by atoms with E-state index in [-0.39, 0.29) is 11.7 Å². The van der Waals surface area contributed by atoms with Crippen molar-refractivity contribution in [3.63, 3.8) is 0 Å². The largest absolute Gasteiger partial charge is 0.629 e. The van der Waals surface area contributed by atoms with Crippen molar-refractivity contribution in [3.05, 3.63) is 17.0 Å². The molecule has 0 amide bonds. The van der Waals surface area contributed by atoms with Crippen LogP contribution in [0.25, 0.3) is 0 Å². The highest BCUT2D eigenvalue weighted by molar-refractivity contribution is 4.90. The quantitative estimate of drug-likeness (QED) is 0.458. The molecule has 0 rings (SSSR count). The summed E-state index contributed by atoms with van der Waals surface area (Å²) in [4.78, 5) is 0. The van der Waals surface area contributed by atoms with Crippen molar-refractivity contribution in [3.8, 4) is 0 Å². The summed E-state index contributed by atoms with van der Waals surface area (Å²) in [6, 6.07) is 0. The molecule has 3 heteroatoms. The molecular formula is C11H23NO2. The van der Waals surface area contributed by atoms with Crippen molar-refractivity contribution in [1.29, 1.82) is 0 Å². The van der Waals surface area contributed by atoms with E-state index >= 15 is 0 Å². The molecular weight excluding hydrogens is 178 g/mol. The van der Waals surface area contributed by atoms with Crippen LogP contribution in [0.15, 0.2) is 11.8 Å². The minimum absolute atomic E-state index is 0.258. The predicted octanol–water partition coefficient (Wildman–Crippen LogP) is 1.24. The number of nitrogens with one attached hydrogen (secondary N) is 1. The van der Waals surface area contributed by atoms with Gasteiger partial charge in [-0.25, -0.2) is 0 Å². The Morgan fingerprint density at radius 2 is 2.00 bits per heavy atom. The average molecular weight is 201 g/mol. The molecule has 0 saturated heterocycles. The predicted molar refractivity (Wildman–Crippen MR) is 58.8 cm³/mol. The Labute approximate surface area is 87.0 Å². The zero-order valence-corrected chi connectivity index (χ0v) is 9.38. The van der Waals surface area contributed by atoms with E-state index in [9.17, 15) is 5.21 Å². The first-order valence-electron chi connectivity index (χ1n) is 5.59. The Hall–Kier alpha value is -0.380. The molecule has 0 aromatic rings. The fourth-order valence-electron chi connectivity index (χ4n) is 1.43. The highest BCUT2D eigenvalue weighted by atomic mass is 16.5. The van der Waals surface area contributed by atoms with Gasteiger partial charge in [-0.3, -0.25) is 0 Å². The SMILES string of the molecule is CCC=C(CCCCCO)[NH+]([O-])CC. The molecule has 0 aliphatic heterocycles. The third kappa shape index (κ3) is 6.13. The summed E-state index contributed by atoms with van der Waals surface area (Å²) in [6.07, 6.45) is 6.71. The standard InChI is InChI=1S/C11H23NO2/c1-3-8-11(12(14)4-2)9-6-5-7-10-13/h8,12-13H,3-7,9-10H2,1-2H3. The van der Waals surface area contributed by atoms with E-state index in [1.807, 2.05) is 13.0 Å². The van der Waals surface area contributed by atoms with Crippen LogP contribution in [-0.2, 0) is 0 Å². The summed E-state index contributed by atoms with van der Waals surface area (Å²) in [7, 11) is 0. The maximum atomic E-state index is 11.4. The third-order valence-electron chi connectivity index (χ3n) is 2.23. The van der Waals surface area contributed by atoms with Crippen LogP contribution >= 0.6 is 0 Å². The molecule has 1 atom stereocenters. The van der Waals surface area contributed by atoms with Gasteiger partial charge in [0.05, 0.1) is 6.54 Å². The van der Waals surface area contributed by atoms with Gasteiger partial charge in [0.1, 0.15) is 5.70 Å². The van der Waals surface area contributed by atoms with Gasteiger partial charge in [-0.1, -0.05) is 13.3 Å². The number of quaternary nitrogens is 1. The Morgan fingerprint density at radius 3 is 2.50 bits per heavy atom. The van der Waals surface area contributed by atoms with Crippen LogP contribution in [-0.4, -0.2) is 18.3 Å². The van der Waals surface area contributed by atoms with Gasteiger partial charge in [0.15, 0.2) is 0 Å². The third-order valence-corrected chi connectivity index (χ3v) is 2.23. The highest BCUT2D eigenvalue weighted by Crippen LogP contribution is 2.04. The lowest BCUT2D eigenvalue weighted by Gasteiger charge is -2.23. The van der Waals surface area contributed by atoms with E-state index in [1.165, 1.54) is 0 Å². The number of hydrogen-bond acceptors (Lipinski definition) is 2. The topological polar surface area (TPSA) is 47.7 Å². The second kappa shape index (κ2) is 9.19. The summed E-state index contributed by atoms with van der Waals surface area (Å²) >= 11 is 0. The lowest BCUT2D eigenvalue weighted by Crippen LogP contribution is -3.04. The summed E-state index contributed by atoms with van der Waals surface area (Å²) in [5.74, 6) is 0. The molecule has 0 heterocycles. The number of allylic oxidation sites excluding steroid dienone is 2. The van der Waals surface area contributed by atoms with Crippen LogP contribution in [0.3, 0.4) is 0 Å². The summed E-state index contributed by atoms with van der Waals surface area (Å²) in [5, 5.41) is 20.3. The number of rotatable bonds is 8. The lowest BCUT2D eigenvalue weighted by molar-refractivity contribution is -0.805. The van der Waals surface area contributed by atoms with E-state index < -0.39 is 0 Å². The zero-order valence-electron chi connectivity index (χ0n) is 9.38. The molecule has 2 N–H and O–H groups in total. The van der Waals surface area contributed by atoms with Crippen LogP contribution < -0.4 is 5.06 Å². The zero-order chi connectivity index (χ0) is 10.8. The molecule has 0 aromatic carbocycles. The molecule has 14 heavy (non-hydrogen) atoms. The maximum Gasteiger partial charge on any atom is 0.103 e. The lowest BCUT2D eigenvalue weighted by atomic mass is 10.1. The molecule has 0 aliphatic carbocycles. The molecule has 0 aliphatic rings. The van der Waals surface area contributed by atoms with Crippen molar-refractivity contribution in [2.24, 2.45) is 0 Å². The average Bonchev–Trinajstić information content (AvgIpc) is 2.21. The van der Waals surface area contributed by atoms with Gasteiger partial charge in [-0.2, -0.15) is 0 Å². The van der Waals surface area contributed by atoms with Gasteiger partial charge in [0, 0.05) is 13.0 Å². The van der Waals surface area contributed by atoms with E-state index in [2.05, 4.69) is 6.92 Å². The van der Waals surface area contributed by atoms with Gasteiger partial charge in [-0.05, 0) is 32.3 Å². The fourth-order valence-corrected chi connectivity index (χ4v) is 1.43. The summed E-state index contributed by atoms with van der Waals surface area (Å²) in [6.45, 7) is 4.82. The van der Waals surface area contributed by atoms with Crippen LogP contribution in [0.2, 0.25) is 0 Å². The molecule has 0 radical (unpaired) electrons. The Kier molecular flexibility index (Phi) is 8.94. The number of hydrogen-bond donors (Lipinski definition) is 2. The number of aliphatic hydroxyl groups is 1. The second-order valence-electron chi connectivity index (χ2n) is 3.45. The maximum absolute atomic E-state index is 11.4. The molecule has 0 fully saturated rings. The van der Waals surface area contributed by atoms with Gasteiger partial charge in [0.25, 0.3) is 0 Å². The van der Waals surface area contributed by atoms with Crippen molar-refractivity contribution in [2.75, 3.05) is 13.2 Å². The van der Waals surface area contributed by atoms with E-state index in [1.54, 1.807) is 0 Å². The van der Waals surface area contributed by atoms with Crippen molar-refractivity contribution in [1.82, 2.24) is 0 Å². The number of aliphatic hydroxyl groups excluding tert-OH is 1. The van der Waals surface area contributed by atoms with E-state index in [4.69, 9.17) is 5.11 Å². The molecule has 0 saturated carbocycles. The number of unbranched alkanes of at least 4 members (excludes halogenated alkanes) is 2. The molecule has 0 spiro atoms. The first-order valence-corrected chi connectivity index (χ1v) is 5.59. The Balaban J connectivity index is 3.80. The smallest absolute Gasteiger partial charge is 0.103 e. The monoisotopic (exact) mass is 201 g/mol. The van der Waals surface area contributed by atoms with Crippen LogP contribution in [0.1, 0.15) is 46.0 Å². The summed E-state index contributed by atoms with van der Waals surface area (Å²) < 4.78 is 0. The van der Waals surface area contributed by atoms with Crippen molar-refractivity contribution in [2.45, 2.75) is 46.0 Å². The van der Waals surface area contributed by atoms with Gasteiger partial charge in [-0.15, -0.1) is 0 Å². The van der Waals surface area contributed by atoms with Crippen molar-refractivity contribution >= 4 is 0 Å². The van der Waals surface area contributed by atoms with Crippen LogP contribution in [0.4, 0.5) is 0 Å². The molecule has 84 valence electrons. The van der Waals surface area contributed by atoms with Gasteiger partial charge in [0.2, 0.25) is 0 Å². The number of hydroxylamine groups is 2. The minimum atomic E-state index is 0.258. The Morgan fingerprint density at radius 1 is 1.29 bits per heavy atom. The van der Waals surface area contributed by atoms with Crippen molar-refractivity contribution < 1.29 is 10.2 Å². The first-order chi connectivity index (χ1) is 6.76. The van der Waals surface area contributed by atoms with Gasteiger partial charge >= 0.3 is 0 Å². The highest BCUT2D eigenvalue weighted by Gasteiger charge is 2.03. The van der Waals surface area contributed by atoms with E-state index in [0.29, 0.717) is 6.54 Å². The first kappa shape index (κ1) is 13.6. The second-order valence-corrected chi connectivity index (χ2v) is 3.45. The molecule has 1 unspecified atom stereocenters. The minimum Gasteiger partial charge on any atom is -0.629 e.